The third-order valence-electron chi connectivity index (χ3n) is 3.19. The molecule has 1 unspecified atom stereocenters. The molecule has 108 valence electrons. The number of ether oxygens (including phenoxy) is 1. The maximum Gasteiger partial charge on any atom is 0.178 e. The molecule has 0 spiro atoms. The molecule has 1 N–H and O–H groups in total. The minimum absolute atomic E-state index is 0.191. The number of methoxy groups -OCH3 is 1. The first kappa shape index (κ1) is 16.0. The Morgan fingerprint density at radius 3 is 2.68 bits per heavy atom. The van der Waals surface area contributed by atoms with Gasteiger partial charge in [0.2, 0.25) is 0 Å². The van der Waals surface area contributed by atoms with E-state index in [9.17, 15) is 8.42 Å². The molecule has 0 saturated heterocycles. The van der Waals surface area contributed by atoms with Gasteiger partial charge >= 0.3 is 0 Å². The van der Waals surface area contributed by atoms with Crippen LogP contribution < -0.4 is 10.1 Å². The van der Waals surface area contributed by atoms with Crippen molar-refractivity contribution in [2.45, 2.75) is 37.1 Å². The third kappa shape index (κ3) is 5.20. The lowest BCUT2D eigenvalue weighted by Gasteiger charge is -2.10. The number of benzene rings is 1. The van der Waals surface area contributed by atoms with Gasteiger partial charge in [-0.3, -0.25) is 0 Å². The summed E-state index contributed by atoms with van der Waals surface area (Å²) in [6.45, 7) is 2.09. The summed E-state index contributed by atoms with van der Waals surface area (Å²) in [5.74, 6) is 0.765. The van der Waals surface area contributed by atoms with Crippen LogP contribution in [0.3, 0.4) is 0 Å². The summed E-state index contributed by atoms with van der Waals surface area (Å²) in [5, 5.41) is 3.14. The minimum atomic E-state index is -3.20. The van der Waals surface area contributed by atoms with E-state index in [2.05, 4.69) is 12.2 Å². The summed E-state index contributed by atoms with van der Waals surface area (Å²) in [6, 6.07) is 7.07. The highest BCUT2D eigenvalue weighted by Gasteiger charge is 2.14. The molecule has 1 atom stereocenters. The molecule has 1 rings (SSSR count). The molecule has 0 bridgehead atoms. The maximum absolute atomic E-state index is 12.1. The number of nitrogens with one attached hydrogen (secondary N) is 1. The highest BCUT2D eigenvalue weighted by molar-refractivity contribution is 7.91. The van der Waals surface area contributed by atoms with Crippen molar-refractivity contribution in [3.05, 3.63) is 24.3 Å². The van der Waals surface area contributed by atoms with Crippen LogP contribution >= 0.6 is 0 Å². The Balaban J connectivity index is 2.56. The second kappa shape index (κ2) is 7.50. The Morgan fingerprint density at radius 1 is 1.32 bits per heavy atom. The van der Waals surface area contributed by atoms with Crippen LogP contribution in [0.2, 0.25) is 0 Å². The fourth-order valence-electron chi connectivity index (χ4n) is 1.80. The Morgan fingerprint density at radius 2 is 2.05 bits per heavy atom. The van der Waals surface area contributed by atoms with Crippen LogP contribution in [0.4, 0.5) is 0 Å². The van der Waals surface area contributed by atoms with Gasteiger partial charge in [-0.1, -0.05) is 12.5 Å². The van der Waals surface area contributed by atoms with Crippen LogP contribution in [0.25, 0.3) is 0 Å². The van der Waals surface area contributed by atoms with Crippen molar-refractivity contribution in [3.63, 3.8) is 0 Å². The van der Waals surface area contributed by atoms with E-state index in [1.54, 1.807) is 24.3 Å². The second-order valence-electron chi connectivity index (χ2n) is 4.68. The van der Waals surface area contributed by atoms with Crippen molar-refractivity contribution in [2.24, 2.45) is 0 Å². The van der Waals surface area contributed by atoms with Gasteiger partial charge in [0.15, 0.2) is 9.84 Å². The molecule has 0 heterocycles. The zero-order valence-electron chi connectivity index (χ0n) is 11.8. The second-order valence-corrected chi connectivity index (χ2v) is 6.79. The highest BCUT2D eigenvalue weighted by Crippen LogP contribution is 2.19. The first-order chi connectivity index (χ1) is 8.99. The van der Waals surface area contributed by atoms with Crippen molar-refractivity contribution in [2.75, 3.05) is 19.9 Å². The van der Waals surface area contributed by atoms with Crippen LogP contribution in [0.5, 0.6) is 5.75 Å². The quantitative estimate of drug-likeness (QED) is 0.744. The van der Waals surface area contributed by atoms with Crippen LogP contribution in [0.1, 0.15) is 26.2 Å². The van der Waals surface area contributed by atoms with Gasteiger partial charge in [-0.25, -0.2) is 8.42 Å². The summed E-state index contributed by atoms with van der Waals surface area (Å²) in [7, 11) is 0.249. The number of hydrogen-bond donors (Lipinski definition) is 1. The fourth-order valence-corrected chi connectivity index (χ4v) is 3.20. The average molecular weight is 285 g/mol. The van der Waals surface area contributed by atoms with Crippen molar-refractivity contribution < 1.29 is 13.2 Å². The Labute approximate surface area is 116 Å². The van der Waals surface area contributed by atoms with Gasteiger partial charge in [-0.05, 0) is 45.0 Å². The lowest BCUT2D eigenvalue weighted by Crippen LogP contribution is -2.21. The smallest absolute Gasteiger partial charge is 0.178 e. The first-order valence-electron chi connectivity index (χ1n) is 6.53. The van der Waals surface area contributed by atoms with Crippen LogP contribution in [-0.2, 0) is 9.84 Å². The largest absolute Gasteiger partial charge is 0.497 e. The number of sulfone groups is 1. The Bertz CT molecular complexity index is 485. The van der Waals surface area contributed by atoms with Gasteiger partial charge in [0, 0.05) is 6.04 Å². The van der Waals surface area contributed by atoms with Crippen molar-refractivity contribution in [1.29, 1.82) is 0 Å². The van der Waals surface area contributed by atoms with E-state index >= 15 is 0 Å². The normalized spacial score (nSPS) is 13.2. The first-order valence-corrected chi connectivity index (χ1v) is 8.19. The lowest BCUT2D eigenvalue weighted by molar-refractivity contribution is 0.413. The van der Waals surface area contributed by atoms with E-state index in [0.717, 1.165) is 12.8 Å². The Kier molecular flexibility index (Phi) is 6.31. The average Bonchev–Trinajstić information content (AvgIpc) is 2.43. The molecule has 1 aromatic rings. The molecule has 1 aromatic carbocycles. The van der Waals surface area contributed by atoms with E-state index in [1.807, 2.05) is 7.05 Å². The highest BCUT2D eigenvalue weighted by atomic mass is 32.2. The van der Waals surface area contributed by atoms with E-state index in [1.165, 1.54) is 7.11 Å². The van der Waals surface area contributed by atoms with Crippen molar-refractivity contribution >= 4 is 9.84 Å². The standard InChI is InChI=1S/C14H23NO3S/c1-12(15-2)7-4-5-10-19(16,17)14-9-6-8-13(11-14)18-3/h6,8-9,11-12,15H,4-5,7,10H2,1-3H3. The predicted octanol–water partition coefficient (Wildman–Crippen LogP) is 2.25. The number of unbranched alkanes of at least 4 members (excludes halogenated alkanes) is 1. The van der Waals surface area contributed by atoms with Gasteiger partial charge in [0.05, 0.1) is 17.8 Å². The van der Waals surface area contributed by atoms with E-state index in [-0.39, 0.29) is 5.75 Å². The monoisotopic (exact) mass is 285 g/mol. The molecule has 0 aromatic heterocycles. The lowest BCUT2D eigenvalue weighted by atomic mass is 10.1. The molecule has 0 amide bonds. The van der Waals surface area contributed by atoms with Gasteiger partial charge in [0.25, 0.3) is 0 Å². The van der Waals surface area contributed by atoms with Gasteiger partial charge < -0.3 is 10.1 Å². The van der Waals surface area contributed by atoms with Crippen LogP contribution in [-0.4, -0.2) is 34.4 Å². The molecule has 0 fully saturated rings. The molecule has 0 radical (unpaired) electrons. The van der Waals surface area contributed by atoms with Crippen LogP contribution in [0, 0.1) is 0 Å². The number of rotatable bonds is 8. The number of hydrogen-bond acceptors (Lipinski definition) is 4. The summed E-state index contributed by atoms with van der Waals surface area (Å²) in [4.78, 5) is 0.341. The molecule has 5 heteroatoms. The summed E-state index contributed by atoms with van der Waals surface area (Å²) >= 11 is 0. The molecular weight excluding hydrogens is 262 g/mol. The molecule has 4 nitrogen and oxygen atoms in total. The molecule has 0 saturated carbocycles. The summed E-state index contributed by atoms with van der Waals surface area (Å²) < 4.78 is 29.3. The zero-order chi connectivity index (χ0) is 14.3. The molecule has 0 aliphatic heterocycles. The van der Waals surface area contributed by atoms with Gasteiger partial charge in [0.1, 0.15) is 5.75 Å². The molecule has 19 heavy (non-hydrogen) atoms. The molecule has 0 aliphatic rings. The Hall–Kier alpha value is -1.07. The summed E-state index contributed by atoms with van der Waals surface area (Å²) in [6.07, 6.45) is 2.58. The third-order valence-corrected chi connectivity index (χ3v) is 4.99. The maximum atomic E-state index is 12.1. The van der Waals surface area contributed by atoms with Crippen molar-refractivity contribution in [1.82, 2.24) is 5.32 Å². The molecule has 0 aliphatic carbocycles. The van der Waals surface area contributed by atoms with Gasteiger partial charge in [-0.15, -0.1) is 0 Å². The topological polar surface area (TPSA) is 55.4 Å². The van der Waals surface area contributed by atoms with E-state index in [4.69, 9.17) is 4.74 Å². The fraction of sp³-hybridized carbons (Fsp3) is 0.571. The summed E-state index contributed by atoms with van der Waals surface area (Å²) in [5.41, 5.74) is 0. The van der Waals surface area contributed by atoms with Crippen LogP contribution in [0.15, 0.2) is 29.2 Å². The minimum Gasteiger partial charge on any atom is -0.497 e. The van der Waals surface area contributed by atoms with E-state index in [0.29, 0.717) is 23.1 Å². The SMILES string of the molecule is CNC(C)CCCCS(=O)(=O)c1cccc(OC)c1. The van der Waals surface area contributed by atoms with Gasteiger partial charge in [-0.2, -0.15) is 0 Å². The van der Waals surface area contributed by atoms with E-state index < -0.39 is 9.84 Å². The van der Waals surface area contributed by atoms with Crippen molar-refractivity contribution in [3.8, 4) is 5.75 Å². The zero-order valence-corrected chi connectivity index (χ0v) is 12.7. The molecular formula is C14H23NO3S. The predicted molar refractivity (Wildman–Crippen MR) is 77.4 cm³/mol.